The number of furan rings is 1. The number of aliphatic hydroxyl groups is 1. The summed E-state index contributed by atoms with van der Waals surface area (Å²) in [5.74, 6) is 0.673. The van der Waals surface area contributed by atoms with Crippen LogP contribution in [0.4, 0.5) is 10.7 Å². The lowest BCUT2D eigenvalue weighted by Crippen LogP contribution is -2.40. The van der Waals surface area contributed by atoms with Crippen molar-refractivity contribution in [1.82, 2.24) is 19.9 Å². The van der Waals surface area contributed by atoms with Crippen molar-refractivity contribution in [3.63, 3.8) is 0 Å². The minimum Gasteiger partial charge on any atom is -0.466 e. The van der Waals surface area contributed by atoms with Crippen molar-refractivity contribution in [2.45, 2.75) is 12.5 Å². The largest absolute Gasteiger partial charge is 0.466 e. The third kappa shape index (κ3) is 2.77. The SMILES string of the molecule is CC(O)(CNC(=O)Nc1nnc2ccccn12)c1ccco1. The number of urea groups is 1. The van der Waals surface area contributed by atoms with Crippen LogP contribution in [0.5, 0.6) is 0 Å². The van der Waals surface area contributed by atoms with Gasteiger partial charge in [0.2, 0.25) is 5.95 Å². The quantitative estimate of drug-likeness (QED) is 0.674. The number of hydrogen-bond acceptors (Lipinski definition) is 5. The van der Waals surface area contributed by atoms with Crippen molar-refractivity contribution in [3.8, 4) is 0 Å². The Kier molecular flexibility index (Phi) is 3.51. The predicted molar refractivity (Wildman–Crippen MR) is 78.3 cm³/mol. The molecule has 3 aromatic heterocycles. The molecule has 2 amide bonds. The summed E-state index contributed by atoms with van der Waals surface area (Å²) in [7, 11) is 0. The summed E-state index contributed by atoms with van der Waals surface area (Å²) in [6.45, 7) is 1.54. The van der Waals surface area contributed by atoms with E-state index in [1.165, 1.54) is 6.26 Å². The predicted octanol–water partition coefficient (Wildman–Crippen LogP) is 1.35. The maximum Gasteiger partial charge on any atom is 0.321 e. The molecule has 8 heteroatoms. The second-order valence-corrected chi connectivity index (χ2v) is 5.01. The molecule has 0 saturated carbocycles. The van der Waals surface area contributed by atoms with E-state index in [0.717, 1.165) is 0 Å². The van der Waals surface area contributed by atoms with Crippen LogP contribution in [0.1, 0.15) is 12.7 Å². The van der Waals surface area contributed by atoms with Gasteiger partial charge in [0.15, 0.2) is 5.65 Å². The first-order valence-electron chi connectivity index (χ1n) is 6.67. The summed E-state index contributed by atoms with van der Waals surface area (Å²) >= 11 is 0. The number of hydrogen-bond donors (Lipinski definition) is 3. The zero-order valence-corrected chi connectivity index (χ0v) is 11.9. The van der Waals surface area contributed by atoms with E-state index in [9.17, 15) is 9.90 Å². The number of rotatable bonds is 4. The zero-order chi connectivity index (χ0) is 15.6. The highest BCUT2D eigenvalue weighted by Crippen LogP contribution is 2.19. The van der Waals surface area contributed by atoms with Crippen LogP contribution >= 0.6 is 0 Å². The zero-order valence-electron chi connectivity index (χ0n) is 11.9. The van der Waals surface area contributed by atoms with Crippen molar-refractivity contribution < 1.29 is 14.3 Å². The van der Waals surface area contributed by atoms with Gasteiger partial charge in [-0.15, -0.1) is 10.2 Å². The van der Waals surface area contributed by atoms with Crippen molar-refractivity contribution in [1.29, 1.82) is 0 Å². The third-order valence-corrected chi connectivity index (χ3v) is 3.18. The number of carbonyl (C=O) groups excluding carboxylic acids is 1. The van der Waals surface area contributed by atoms with Crippen LogP contribution in [-0.4, -0.2) is 32.3 Å². The average molecular weight is 301 g/mol. The van der Waals surface area contributed by atoms with Gasteiger partial charge in [0.25, 0.3) is 0 Å². The summed E-state index contributed by atoms with van der Waals surface area (Å²) < 4.78 is 6.79. The first kappa shape index (κ1) is 14.1. The number of amides is 2. The van der Waals surface area contributed by atoms with Crippen LogP contribution in [0.15, 0.2) is 47.2 Å². The highest BCUT2D eigenvalue weighted by molar-refractivity contribution is 5.87. The van der Waals surface area contributed by atoms with Crippen molar-refractivity contribution in [2.24, 2.45) is 0 Å². The van der Waals surface area contributed by atoms with Crippen LogP contribution in [0, 0.1) is 0 Å². The summed E-state index contributed by atoms with van der Waals surface area (Å²) in [4.78, 5) is 11.9. The van der Waals surface area contributed by atoms with Gasteiger partial charge in [0, 0.05) is 6.20 Å². The number of pyridine rings is 1. The molecule has 3 rings (SSSR count). The van der Waals surface area contributed by atoms with Gasteiger partial charge in [0.1, 0.15) is 11.4 Å². The Bertz CT molecular complexity index is 779. The maximum atomic E-state index is 11.9. The molecule has 0 aliphatic heterocycles. The molecule has 0 aliphatic carbocycles. The molecule has 8 nitrogen and oxygen atoms in total. The molecule has 3 aromatic rings. The first-order valence-corrected chi connectivity index (χ1v) is 6.67. The van der Waals surface area contributed by atoms with Crippen LogP contribution in [0.25, 0.3) is 5.65 Å². The molecule has 0 aliphatic rings. The van der Waals surface area contributed by atoms with Gasteiger partial charge in [-0.3, -0.25) is 9.72 Å². The van der Waals surface area contributed by atoms with E-state index < -0.39 is 11.6 Å². The van der Waals surface area contributed by atoms with Crippen molar-refractivity contribution >= 4 is 17.6 Å². The van der Waals surface area contributed by atoms with E-state index in [2.05, 4.69) is 20.8 Å². The molecule has 0 bridgehead atoms. The number of nitrogens with one attached hydrogen (secondary N) is 2. The molecule has 0 aromatic carbocycles. The van der Waals surface area contributed by atoms with Crippen LogP contribution < -0.4 is 10.6 Å². The van der Waals surface area contributed by atoms with Gasteiger partial charge in [-0.1, -0.05) is 6.07 Å². The normalized spacial score (nSPS) is 13.7. The van der Waals surface area contributed by atoms with E-state index in [4.69, 9.17) is 4.42 Å². The summed E-state index contributed by atoms with van der Waals surface area (Å²) in [6.07, 6.45) is 3.20. The monoisotopic (exact) mass is 301 g/mol. The molecule has 22 heavy (non-hydrogen) atoms. The molecule has 0 fully saturated rings. The lowest BCUT2D eigenvalue weighted by Gasteiger charge is -2.21. The Balaban J connectivity index is 1.63. The van der Waals surface area contributed by atoms with Crippen molar-refractivity contribution in [2.75, 3.05) is 11.9 Å². The lowest BCUT2D eigenvalue weighted by atomic mass is 10.0. The van der Waals surface area contributed by atoms with E-state index in [1.54, 1.807) is 41.8 Å². The highest BCUT2D eigenvalue weighted by atomic mass is 16.4. The fraction of sp³-hybridized carbons (Fsp3) is 0.214. The highest BCUT2D eigenvalue weighted by Gasteiger charge is 2.26. The molecule has 0 spiro atoms. The molecule has 3 heterocycles. The Morgan fingerprint density at radius 3 is 3.00 bits per heavy atom. The Morgan fingerprint density at radius 1 is 1.36 bits per heavy atom. The van der Waals surface area contributed by atoms with Crippen molar-refractivity contribution in [3.05, 3.63) is 48.6 Å². The van der Waals surface area contributed by atoms with Crippen LogP contribution in [0.2, 0.25) is 0 Å². The molecule has 1 atom stereocenters. The molecule has 0 radical (unpaired) electrons. The summed E-state index contributed by atoms with van der Waals surface area (Å²) in [5, 5.41) is 23.2. The average Bonchev–Trinajstić information content (AvgIpc) is 3.16. The van der Waals surface area contributed by atoms with Gasteiger partial charge in [-0.25, -0.2) is 4.79 Å². The minimum atomic E-state index is -1.30. The fourth-order valence-corrected chi connectivity index (χ4v) is 2.00. The number of fused-ring (bicyclic) bond motifs is 1. The topological polar surface area (TPSA) is 105 Å². The summed E-state index contributed by atoms with van der Waals surface area (Å²) in [6, 6.07) is 8.23. The summed E-state index contributed by atoms with van der Waals surface area (Å²) in [5.41, 5.74) is -0.673. The van der Waals surface area contributed by atoms with Crippen LogP contribution in [-0.2, 0) is 5.60 Å². The first-order chi connectivity index (χ1) is 10.6. The Hall–Kier alpha value is -2.87. The number of nitrogens with zero attached hydrogens (tertiary/aromatic N) is 3. The van der Waals surface area contributed by atoms with E-state index in [-0.39, 0.29) is 6.54 Å². The molecule has 0 saturated heterocycles. The van der Waals surface area contributed by atoms with Gasteiger partial charge in [-0.05, 0) is 31.2 Å². The Labute approximate surface area is 125 Å². The number of aromatic nitrogens is 3. The number of anilines is 1. The van der Waals surface area contributed by atoms with Gasteiger partial charge < -0.3 is 14.8 Å². The second kappa shape index (κ2) is 5.49. The van der Waals surface area contributed by atoms with E-state index in [1.807, 2.05) is 6.07 Å². The molecular formula is C14H15N5O3. The smallest absolute Gasteiger partial charge is 0.321 e. The van der Waals surface area contributed by atoms with E-state index >= 15 is 0 Å². The number of carbonyl (C=O) groups is 1. The van der Waals surface area contributed by atoms with Gasteiger partial charge >= 0.3 is 6.03 Å². The lowest BCUT2D eigenvalue weighted by molar-refractivity contribution is 0.0372. The second-order valence-electron chi connectivity index (χ2n) is 5.01. The standard InChI is InChI=1S/C14H15N5O3/c1-14(21,10-5-4-8-22-10)9-15-13(20)16-12-18-17-11-6-2-3-7-19(11)12/h2-8,21H,9H2,1H3,(H2,15,16,18,20). The molecular weight excluding hydrogens is 286 g/mol. The maximum absolute atomic E-state index is 11.9. The van der Waals surface area contributed by atoms with Gasteiger partial charge in [-0.2, -0.15) is 0 Å². The molecule has 114 valence electrons. The van der Waals surface area contributed by atoms with Crippen LogP contribution in [0.3, 0.4) is 0 Å². The minimum absolute atomic E-state index is 0.0108. The third-order valence-electron chi connectivity index (χ3n) is 3.18. The Morgan fingerprint density at radius 2 is 2.23 bits per heavy atom. The van der Waals surface area contributed by atoms with E-state index in [0.29, 0.717) is 17.4 Å². The molecule has 1 unspecified atom stereocenters. The molecule has 3 N–H and O–H groups in total. The van der Waals surface area contributed by atoms with Gasteiger partial charge in [0.05, 0.1) is 12.8 Å². The fourth-order valence-electron chi connectivity index (χ4n) is 2.00.